The van der Waals surface area contributed by atoms with Crippen LogP contribution in [0.1, 0.15) is 28.1 Å². The molecule has 1 aromatic heterocycles. The maximum absolute atomic E-state index is 13.5. The maximum atomic E-state index is 13.5. The molecule has 3 aromatic rings. The maximum Gasteiger partial charge on any atom is 0.451 e. The largest absolute Gasteiger partial charge is 0.451 e. The van der Waals surface area contributed by atoms with E-state index < -0.39 is 53.4 Å². The van der Waals surface area contributed by atoms with Crippen LogP contribution in [0, 0.1) is 6.92 Å². The van der Waals surface area contributed by atoms with Crippen molar-refractivity contribution in [1.29, 1.82) is 0 Å². The van der Waals surface area contributed by atoms with Gasteiger partial charge in [0.15, 0.2) is 5.82 Å². The first-order valence-electron chi connectivity index (χ1n) is 8.72. The van der Waals surface area contributed by atoms with E-state index in [0.29, 0.717) is 21.5 Å². The third-order valence-electron chi connectivity index (χ3n) is 4.44. The van der Waals surface area contributed by atoms with Gasteiger partial charge in [-0.15, -0.1) is 0 Å². The number of nitrogen functional groups attached to an aromatic ring is 1. The standard InChI is InChI=1S/C19H13F9N4/c1-9-4-10(2-3-14(9)29)8-32-16(19(26,27)28)30-15(31-32)11-5-12(17(20,21)22)7-13(6-11)18(23,24)25/h2-7H,8,29H2,1H3. The molecule has 4 nitrogen and oxygen atoms in total. The zero-order chi connectivity index (χ0) is 24.1. The van der Waals surface area contributed by atoms with Crippen molar-refractivity contribution in [2.24, 2.45) is 0 Å². The Bertz CT molecular complexity index is 1110. The Balaban J connectivity index is 2.15. The number of aryl methyl sites for hydroxylation is 1. The number of hydrogen-bond donors (Lipinski definition) is 1. The molecule has 0 saturated heterocycles. The van der Waals surface area contributed by atoms with Crippen molar-refractivity contribution < 1.29 is 39.5 Å². The van der Waals surface area contributed by atoms with Crippen LogP contribution in [-0.2, 0) is 25.1 Å². The van der Waals surface area contributed by atoms with Gasteiger partial charge in [0.1, 0.15) is 0 Å². The topological polar surface area (TPSA) is 56.7 Å². The van der Waals surface area contributed by atoms with E-state index in [9.17, 15) is 39.5 Å². The lowest BCUT2D eigenvalue weighted by atomic mass is 10.0. The fourth-order valence-electron chi connectivity index (χ4n) is 2.88. The number of alkyl halides is 9. The third kappa shape index (κ3) is 4.97. The summed E-state index contributed by atoms with van der Waals surface area (Å²) in [6.07, 6.45) is -15.4. The van der Waals surface area contributed by atoms with Gasteiger partial charge in [-0.25, -0.2) is 9.67 Å². The average Bonchev–Trinajstić information content (AvgIpc) is 3.07. The van der Waals surface area contributed by atoms with Gasteiger partial charge in [0.2, 0.25) is 5.82 Å². The number of anilines is 1. The van der Waals surface area contributed by atoms with Crippen LogP contribution in [0.15, 0.2) is 36.4 Å². The lowest BCUT2D eigenvalue weighted by Crippen LogP contribution is -2.16. The summed E-state index contributed by atoms with van der Waals surface area (Å²) in [4.78, 5) is 3.20. The molecule has 0 bridgehead atoms. The molecule has 32 heavy (non-hydrogen) atoms. The van der Waals surface area contributed by atoms with Gasteiger partial charge in [-0.05, 0) is 42.3 Å². The average molecular weight is 468 g/mol. The van der Waals surface area contributed by atoms with Crippen LogP contribution in [-0.4, -0.2) is 14.8 Å². The van der Waals surface area contributed by atoms with E-state index in [4.69, 9.17) is 5.73 Å². The van der Waals surface area contributed by atoms with Crippen molar-refractivity contribution in [2.75, 3.05) is 5.73 Å². The van der Waals surface area contributed by atoms with E-state index in [0.717, 1.165) is 0 Å². The summed E-state index contributed by atoms with van der Waals surface area (Å²) in [6.45, 7) is 1.12. The number of benzene rings is 2. The highest BCUT2D eigenvalue weighted by molar-refractivity contribution is 5.58. The number of nitrogens with zero attached hydrogens (tertiary/aromatic N) is 3. The molecule has 0 radical (unpaired) electrons. The van der Waals surface area contributed by atoms with Crippen LogP contribution in [0.25, 0.3) is 11.4 Å². The molecule has 0 atom stereocenters. The first kappa shape index (κ1) is 23.4. The minimum Gasteiger partial charge on any atom is -0.399 e. The van der Waals surface area contributed by atoms with Gasteiger partial charge in [0, 0.05) is 11.3 Å². The van der Waals surface area contributed by atoms with E-state index in [-0.39, 0.29) is 18.2 Å². The summed E-state index contributed by atoms with van der Waals surface area (Å²) in [5.41, 5.74) is 2.68. The molecule has 0 fully saturated rings. The van der Waals surface area contributed by atoms with E-state index in [2.05, 4.69) is 10.1 Å². The highest BCUT2D eigenvalue weighted by Crippen LogP contribution is 2.39. The van der Waals surface area contributed by atoms with Crippen molar-refractivity contribution in [1.82, 2.24) is 14.8 Å². The lowest BCUT2D eigenvalue weighted by molar-refractivity contribution is -0.147. The van der Waals surface area contributed by atoms with Crippen LogP contribution >= 0.6 is 0 Å². The smallest absolute Gasteiger partial charge is 0.399 e. The molecule has 2 aromatic carbocycles. The third-order valence-corrected chi connectivity index (χ3v) is 4.44. The zero-order valence-corrected chi connectivity index (χ0v) is 16.0. The zero-order valence-electron chi connectivity index (χ0n) is 16.0. The van der Waals surface area contributed by atoms with Crippen molar-refractivity contribution in [3.05, 3.63) is 64.5 Å². The Morgan fingerprint density at radius 2 is 1.38 bits per heavy atom. The molecule has 0 aliphatic heterocycles. The molecule has 1 heterocycles. The first-order chi connectivity index (χ1) is 14.6. The molecule has 0 spiro atoms. The van der Waals surface area contributed by atoms with Gasteiger partial charge in [0.05, 0.1) is 17.7 Å². The number of halogens is 9. The van der Waals surface area contributed by atoms with Crippen LogP contribution < -0.4 is 5.73 Å². The van der Waals surface area contributed by atoms with Gasteiger partial charge in [-0.1, -0.05) is 12.1 Å². The van der Waals surface area contributed by atoms with E-state index in [1.165, 1.54) is 18.2 Å². The molecular weight excluding hydrogens is 455 g/mol. The predicted octanol–water partition coefficient (Wildman–Crippen LogP) is 5.94. The Labute approximate surface area is 174 Å². The number of nitrogens with two attached hydrogens (primary N) is 1. The second kappa shape index (κ2) is 7.71. The Kier molecular flexibility index (Phi) is 5.64. The van der Waals surface area contributed by atoms with Crippen molar-refractivity contribution >= 4 is 5.69 Å². The molecule has 3 rings (SSSR count). The second-order valence-corrected chi connectivity index (χ2v) is 6.90. The Morgan fingerprint density at radius 3 is 1.84 bits per heavy atom. The van der Waals surface area contributed by atoms with Crippen LogP contribution in [0.3, 0.4) is 0 Å². The highest BCUT2D eigenvalue weighted by atomic mass is 19.4. The molecule has 2 N–H and O–H groups in total. The van der Waals surface area contributed by atoms with Gasteiger partial charge in [-0.2, -0.15) is 44.6 Å². The minimum atomic E-state index is -5.17. The second-order valence-electron chi connectivity index (χ2n) is 6.90. The van der Waals surface area contributed by atoms with Crippen molar-refractivity contribution in [3.8, 4) is 11.4 Å². The molecule has 0 unspecified atom stereocenters. The first-order valence-corrected chi connectivity index (χ1v) is 8.72. The number of aromatic nitrogens is 3. The highest BCUT2D eigenvalue weighted by Gasteiger charge is 2.40. The summed E-state index contributed by atoms with van der Waals surface area (Å²) in [7, 11) is 0. The summed E-state index contributed by atoms with van der Waals surface area (Å²) < 4.78 is 119. The predicted molar refractivity (Wildman–Crippen MR) is 95.2 cm³/mol. The molecule has 0 amide bonds. The van der Waals surface area contributed by atoms with E-state index in [1.54, 1.807) is 6.92 Å². The van der Waals surface area contributed by atoms with Gasteiger partial charge >= 0.3 is 18.5 Å². The van der Waals surface area contributed by atoms with Crippen LogP contribution in [0.5, 0.6) is 0 Å². The van der Waals surface area contributed by atoms with Crippen LogP contribution in [0.4, 0.5) is 45.2 Å². The van der Waals surface area contributed by atoms with Crippen LogP contribution in [0.2, 0.25) is 0 Å². The fourth-order valence-corrected chi connectivity index (χ4v) is 2.88. The Morgan fingerprint density at radius 1 is 0.812 bits per heavy atom. The molecule has 13 heteroatoms. The molecule has 0 saturated carbocycles. The van der Waals surface area contributed by atoms with Crippen molar-refractivity contribution in [3.63, 3.8) is 0 Å². The van der Waals surface area contributed by atoms with E-state index >= 15 is 0 Å². The van der Waals surface area contributed by atoms with Gasteiger partial charge in [-0.3, -0.25) is 0 Å². The Hall–Kier alpha value is -3.25. The minimum absolute atomic E-state index is 0.137. The van der Waals surface area contributed by atoms with Gasteiger partial charge in [0.25, 0.3) is 0 Å². The van der Waals surface area contributed by atoms with Gasteiger partial charge < -0.3 is 5.73 Å². The summed E-state index contributed by atoms with van der Waals surface area (Å²) in [5, 5.41) is 3.56. The quantitative estimate of drug-likeness (QED) is 0.382. The molecule has 0 aliphatic rings. The number of hydrogen-bond acceptors (Lipinski definition) is 3. The van der Waals surface area contributed by atoms with Crippen molar-refractivity contribution in [2.45, 2.75) is 32.0 Å². The SMILES string of the molecule is Cc1cc(Cn2nc(-c3cc(C(F)(F)F)cc(C(F)(F)F)c3)nc2C(F)(F)F)ccc1N. The summed E-state index contributed by atoms with van der Waals surface area (Å²) >= 11 is 0. The molecular formula is C19H13F9N4. The molecule has 0 aliphatic carbocycles. The van der Waals surface area contributed by atoms with E-state index in [1.807, 2.05) is 0 Å². The monoisotopic (exact) mass is 468 g/mol. The summed E-state index contributed by atoms with van der Waals surface area (Å²) in [6, 6.07) is 4.73. The lowest BCUT2D eigenvalue weighted by Gasteiger charge is -2.13. The molecule has 172 valence electrons. The normalized spacial score (nSPS) is 12.9. The number of rotatable bonds is 3. The fraction of sp³-hybridized carbons (Fsp3) is 0.263. The summed E-state index contributed by atoms with van der Waals surface area (Å²) in [5.74, 6) is -2.51.